The molecule has 0 atom stereocenters. The Kier molecular flexibility index (Phi) is 3.52. The zero-order valence-electron chi connectivity index (χ0n) is 13.0. The van der Waals surface area contributed by atoms with Crippen LogP contribution >= 0.6 is 0 Å². The third-order valence-corrected chi connectivity index (χ3v) is 3.69. The van der Waals surface area contributed by atoms with Crippen molar-refractivity contribution in [2.24, 2.45) is 0 Å². The van der Waals surface area contributed by atoms with Crippen LogP contribution in [0.2, 0.25) is 0 Å². The van der Waals surface area contributed by atoms with E-state index in [1.165, 1.54) is 27.4 Å². The van der Waals surface area contributed by atoms with Crippen molar-refractivity contribution in [3.63, 3.8) is 0 Å². The molecular weight excluding hydrogens is 320 g/mol. The zero-order chi connectivity index (χ0) is 17.6. The van der Waals surface area contributed by atoms with Crippen LogP contribution in [0, 0.1) is 0 Å². The van der Waals surface area contributed by atoms with E-state index in [4.69, 9.17) is 18.6 Å². The van der Waals surface area contributed by atoms with Crippen LogP contribution in [0.5, 0.6) is 34.5 Å². The minimum atomic E-state index is -0.598. The SMILES string of the molecule is COc1cc2c(=O)c3c(O)c(OC)c(O)cc3oc2c(OC)c1O. The Morgan fingerprint density at radius 2 is 1.58 bits per heavy atom. The van der Waals surface area contributed by atoms with E-state index in [-0.39, 0.29) is 44.9 Å². The van der Waals surface area contributed by atoms with Gasteiger partial charge in [0, 0.05) is 6.07 Å². The number of aromatic hydroxyl groups is 3. The molecule has 0 radical (unpaired) electrons. The first-order valence-corrected chi connectivity index (χ1v) is 6.78. The van der Waals surface area contributed by atoms with Gasteiger partial charge in [0.1, 0.15) is 11.0 Å². The third kappa shape index (κ3) is 1.96. The molecule has 0 amide bonds. The summed E-state index contributed by atoms with van der Waals surface area (Å²) in [6.07, 6.45) is 0. The van der Waals surface area contributed by atoms with Crippen LogP contribution in [0.25, 0.3) is 21.9 Å². The van der Waals surface area contributed by atoms with E-state index in [0.29, 0.717) is 0 Å². The van der Waals surface area contributed by atoms with E-state index in [0.717, 1.165) is 6.07 Å². The Labute approximate surface area is 135 Å². The van der Waals surface area contributed by atoms with Gasteiger partial charge >= 0.3 is 0 Å². The standard InChI is InChI=1S/C16H14O8/c1-21-9-4-6-11(18)10-8(5-7(17)15(22-2)13(10)20)24-14(6)16(23-3)12(9)19/h4-5,17,19-20H,1-3H3. The highest BCUT2D eigenvalue weighted by atomic mass is 16.5. The monoisotopic (exact) mass is 334 g/mol. The molecule has 2 aromatic carbocycles. The van der Waals surface area contributed by atoms with Crippen molar-refractivity contribution < 1.29 is 33.9 Å². The van der Waals surface area contributed by atoms with Gasteiger partial charge in [-0.05, 0) is 6.07 Å². The highest BCUT2D eigenvalue weighted by Gasteiger charge is 2.23. The lowest BCUT2D eigenvalue weighted by Crippen LogP contribution is -2.05. The summed E-state index contributed by atoms with van der Waals surface area (Å²) in [7, 11) is 3.86. The normalized spacial score (nSPS) is 11.0. The van der Waals surface area contributed by atoms with Crippen LogP contribution in [-0.4, -0.2) is 36.6 Å². The lowest BCUT2D eigenvalue weighted by atomic mass is 10.1. The van der Waals surface area contributed by atoms with Gasteiger partial charge in [-0.15, -0.1) is 0 Å². The fourth-order valence-electron chi connectivity index (χ4n) is 2.58. The number of hydrogen-bond acceptors (Lipinski definition) is 8. The predicted molar refractivity (Wildman–Crippen MR) is 84.6 cm³/mol. The summed E-state index contributed by atoms with van der Waals surface area (Å²) >= 11 is 0. The first kappa shape index (κ1) is 15.6. The van der Waals surface area contributed by atoms with Gasteiger partial charge in [-0.3, -0.25) is 4.79 Å². The van der Waals surface area contributed by atoms with E-state index in [1.807, 2.05) is 0 Å². The highest BCUT2D eigenvalue weighted by Crippen LogP contribution is 2.45. The van der Waals surface area contributed by atoms with Gasteiger partial charge in [0.2, 0.25) is 22.7 Å². The highest BCUT2D eigenvalue weighted by molar-refractivity contribution is 5.99. The van der Waals surface area contributed by atoms with Crippen molar-refractivity contribution in [3.8, 4) is 34.5 Å². The number of benzene rings is 2. The molecule has 1 heterocycles. The van der Waals surface area contributed by atoms with Crippen LogP contribution in [0.15, 0.2) is 21.3 Å². The largest absolute Gasteiger partial charge is 0.504 e. The van der Waals surface area contributed by atoms with Crippen molar-refractivity contribution in [2.45, 2.75) is 0 Å². The lowest BCUT2D eigenvalue weighted by Gasteiger charge is -2.13. The molecule has 0 aliphatic rings. The third-order valence-electron chi connectivity index (χ3n) is 3.69. The predicted octanol–water partition coefficient (Wildman–Crippen LogP) is 2.09. The molecule has 0 aliphatic carbocycles. The van der Waals surface area contributed by atoms with Crippen molar-refractivity contribution in [3.05, 3.63) is 22.4 Å². The number of methoxy groups -OCH3 is 3. The molecule has 0 bridgehead atoms. The Morgan fingerprint density at radius 3 is 2.17 bits per heavy atom. The van der Waals surface area contributed by atoms with Crippen LogP contribution in [0.3, 0.4) is 0 Å². The first-order chi connectivity index (χ1) is 11.4. The maximum absolute atomic E-state index is 12.8. The molecule has 126 valence electrons. The molecule has 8 nitrogen and oxygen atoms in total. The second-order valence-corrected chi connectivity index (χ2v) is 4.92. The molecule has 3 aromatic rings. The van der Waals surface area contributed by atoms with Gasteiger partial charge in [-0.1, -0.05) is 0 Å². The minimum Gasteiger partial charge on any atom is -0.504 e. The number of rotatable bonds is 3. The Bertz CT molecular complexity index is 1020. The second kappa shape index (κ2) is 5.41. The molecule has 0 fully saturated rings. The van der Waals surface area contributed by atoms with Crippen molar-refractivity contribution in [2.75, 3.05) is 21.3 Å². The van der Waals surface area contributed by atoms with E-state index >= 15 is 0 Å². The molecule has 0 saturated carbocycles. The summed E-state index contributed by atoms with van der Waals surface area (Å²) in [6, 6.07) is 2.41. The van der Waals surface area contributed by atoms with Gasteiger partial charge in [0.15, 0.2) is 22.8 Å². The van der Waals surface area contributed by atoms with Gasteiger partial charge in [-0.25, -0.2) is 0 Å². The van der Waals surface area contributed by atoms with Gasteiger partial charge in [-0.2, -0.15) is 0 Å². The van der Waals surface area contributed by atoms with Crippen molar-refractivity contribution in [1.82, 2.24) is 0 Å². The summed E-state index contributed by atoms with van der Waals surface area (Å²) in [4.78, 5) is 12.8. The molecule has 0 spiro atoms. The molecule has 24 heavy (non-hydrogen) atoms. The number of ether oxygens (including phenoxy) is 3. The van der Waals surface area contributed by atoms with E-state index in [2.05, 4.69) is 0 Å². The van der Waals surface area contributed by atoms with Gasteiger partial charge < -0.3 is 33.9 Å². The Balaban J connectivity index is 2.59. The van der Waals surface area contributed by atoms with E-state index in [1.54, 1.807) is 0 Å². The summed E-state index contributed by atoms with van der Waals surface area (Å²) in [6.45, 7) is 0. The molecule has 0 saturated heterocycles. The zero-order valence-corrected chi connectivity index (χ0v) is 13.0. The van der Waals surface area contributed by atoms with Gasteiger partial charge in [0.05, 0.1) is 26.7 Å². The fraction of sp³-hybridized carbons (Fsp3) is 0.188. The smallest absolute Gasteiger partial charge is 0.208 e. The second-order valence-electron chi connectivity index (χ2n) is 4.92. The van der Waals surface area contributed by atoms with Crippen LogP contribution in [0.4, 0.5) is 0 Å². The summed E-state index contributed by atoms with van der Waals surface area (Å²) < 4.78 is 20.6. The molecule has 1 aromatic heterocycles. The van der Waals surface area contributed by atoms with Crippen molar-refractivity contribution >= 4 is 21.9 Å². The molecule has 0 unspecified atom stereocenters. The molecule has 0 aliphatic heterocycles. The number of hydrogen-bond donors (Lipinski definition) is 3. The van der Waals surface area contributed by atoms with Crippen LogP contribution in [0.1, 0.15) is 0 Å². The van der Waals surface area contributed by atoms with E-state index < -0.39 is 16.9 Å². The average molecular weight is 334 g/mol. The quantitative estimate of drug-likeness (QED) is 0.623. The summed E-state index contributed by atoms with van der Waals surface area (Å²) in [5, 5.41) is 30.1. The summed E-state index contributed by atoms with van der Waals surface area (Å²) in [5.74, 6) is -1.62. The Morgan fingerprint density at radius 1 is 0.917 bits per heavy atom. The van der Waals surface area contributed by atoms with Crippen LogP contribution < -0.4 is 19.6 Å². The fourth-order valence-corrected chi connectivity index (χ4v) is 2.58. The molecule has 3 N–H and O–H groups in total. The number of phenolic OH excluding ortho intramolecular Hbond substituents is 3. The van der Waals surface area contributed by atoms with Crippen LogP contribution in [-0.2, 0) is 0 Å². The molecule has 8 heteroatoms. The first-order valence-electron chi connectivity index (χ1n) is 6.78. The van der Waals surface area contributed by atoms with Crippen molar-refractivity contribution in [1.29, 1.82) is 0 Å². The minimum absolute atomic E-state index is 0.0104. The average Bonchev–Trinajstić information content (AvgIpc) is 2.54. The topological polar surface area (TPSA) is 119 Å². The lowest BCUT2D eigenvalue weighted by molar-refractivity contribution is 0.339. The van der Waals surface area contributed by atoms with E-state index in [9.17, 15) is 20.1 Å². The summed E-state index contributed by atoms with van der Waals surface area (Å²) in [5.41, 5.74) is -0.734. The molecular formula is C16H14O8. The maximum atomic E-state index is 12.8. The maximum Gasteiger partial charge on any atom is 0.208 e. The number of phenols is 3. The van der Waals surface area contributed by atoms with Gasteiger partial charge in [0.25, 0.3) is 0 Å². The Hall–Kier alpha value is -3.29. The molecule has 3 rings (SSSR count). The number of fused-ring (bicyclic) bond motifs is 2.